The molecule has 168 valence electrons. The molecule has 0 radical (unpaired) electrons. The highest BCUT2D eigenvalue weighted by molar-refractivity contribution is 8.18. The molecule has 4 rings (SSSR count). The van der Waals surface area contributed by atoms with Gasteiger partial charge >= 0.3 is 0 Å². The quantitative estimate of drug-likeness (QED) is 0.255. The van der Waals surface area contributed by atoms with E-state index in [4.69, 9.17) is 9.15 Å². The number of carbonyl (C=O) groups excluding carboxylic acids is 2. The smallest absolute Gasteiger partial charge is 0.293 e. The summed E-state index contributed by atoms with van der Waals surface area (Å²) in [7, 11) is 0. The Bertz CT molecular complexity index is 1260. The predicted molar refractivity (Wildman–Crippen MR) is 125 cm³/mol. The number of nitro groups is 1. The summed E-state index contributed by atoms with van der Waals surface area (Å²) >= 11 is 0.847. The predicted octanol–water partition coefficient (Wildman–Crippen LogP) is 5.59. The second kappa shape index (κ2) is 9.33. The average Bonchev–Trinajstić information content (AvgIpc) is 3.36. The molecule has 0 saturated carbocycles. The molecule has 2 amide bonds. The molecule has 0 bridgehead atoms. The molecule has 2 heterocycles. The van der Waals surface area contributed by atoms with E-state index in [1.165, 1.54) is 18.2 Å². The molecule has 3 aromatic rings. The van der Waals surface area contributed by atoms with Gasteiger partial charge in [-0.3, -0.25) is 24.6 Å². The Morgan fingerprint density at radius 3 is 2.58 bits per heavy atom. The molecule has 0 aliphatic carbocycles. The Balaban J connectivity index is 1.41. The molecule has 0 unspecified atom stereocenters. The van der Waals surface area contributed by atoms with Crippen LogP contribution in [0.3, 0.4) is 0 Å². The number of imide groups is 1. The van der Waals surface area contributed by atoms with Crippen LogP contribution >= 0.6 is 11.8 Å². The van der Waals surface area contributed by atoms with Crippen LogP contribution in [0.1, 0.15) is 16.9 Å². The number of non-ortho nitro benzene ring substituents is 1. The number of hydrogen-bond donors (Lipinski definition) is 0. The fourth-order valence-corrected chi connectivity index (χ4v) is 4.11. The Morgan fingerprint density at radius 2 is 1.85 bits per heavy atom. The van der Waals surface area contributed by atoms with Crippen LogP contribution in [0.15, 0.2) is 63.9 Å². The lowest BCUT2D eigenvalue weighted by atomic mass is 10.1. The van der Waals surface area contributed by atoms with Crippen molar-refractivity contribution in [1.82, 2.24) is 4.90 Å². The van der Waals surface area contributed by atoms with Gasteiger partial charge in [0.2, 0.25) is 0 Å². The van der Waals surface area contributed by atoms with Gasteiger partial charge in [-0.25, -0.2) is 0 Å². The Labute approximate surface area is 194 Å². The maximum Gasteiger partial charge on any atom is 0.293 e. The maximum absolute atomic E-state index is 12.7. The summed E-state index contributed by atoms with van der Waals surface area (Å²) < 4.78 is 11.5. The summed E-state index contributed by atoms with van der Waals surface area (Å²) in [5.74, 6) is 1.23. The van der Waals surface area contributed by atoms with E-state index in [-0.39, 0.29) is 29.0 Å². The van der Waals surface area contributed by atoms with Crippen molar-refractivity contribution in [2.75, 3.05) is 13.2 Å². The number of furan rings is 1. The monoisotopic (exact) mass is 464 g/mol. The number of benzene rings is 2. The molecule has 1 saturated heterocycles. The SMILES string of the molecule is Cc1ccc(C)c(OCCN2C(=O)S/C(=C\c3ccc(-c4ccc([N+](=O)[O-])cc4)o3)C2=O)c1. The van der Waals surface area contributed by atoms with Crippen molar-refractivity contribution in [3.05, 3.63) is 86.5 Å². The summed E-state index contributed by atoms with van der Waals surface area (Å²) in [5, 5.41) is 10.4. The highest BCUT2D eigenvalue weighted by atomic mass is 32.2. The summed E-state index contributed by atoms with van der Waals surface area (Å²) in [5.41, 5.74) is 2.70. The summed E-state index contributed by atoms with van der Waals surface area (Å²) in [6.07, 6.45) is 1.52. The largest absolute Gasteiger partial charge is 0.491 e. The zero-order valence-corrected chi connectivity index (χ0v) is 18.8. The van der Waals surface area contributed by atoms with Crippen LogP contribution in [0.4, 0.5) is 10.5 Å². The first kappa shape index (κ1) is 22.3. The Morgan fingerprint density at radius 1 is 1.09 bits per heavy atom. The number of rotatable bonds is 7. The van der Waals surface area contributed by atoms with Crippen LogP contribution in [-0.4, -0.2) is 34.1 Å². The second-order valence-corrected chi connectivity index (χ2v) is 8.45. The fraction of sp³-hybridized carbons (Fsp3) is 0.167. The van der Waals surface area contributed by atoms with E-state index in [1.807, 2.05) is 32.0 Å². The van der Waals surface area contributed by atoms with E-state index in [9.17, 15) is 19.7 Å². The topological polar surface area (TPSA) is 103 Å². The molecular formula is C24H20N2O6S. The number of nitrogens with zero attached hydrogens (tertiary/aromatic N) is 2. The van der Waals surface area contributed by atoms with Crippen LogP contribution in [0, 0.1) is 24.0 Å². The van der Waals surface area contributed by atoms with E-state index < -0.39 is 10.8 Å². The van der Waals surface area contributed by atoms with Gasteiger partial charge in [-0.1, -0.05) is 12.1 Å². The third kappa shape index (κ3) is 4.98. The molecule has 0 atom stereocenters. The van der Waals surface area contributed by atoms with Crippen molar-refractivity contribution in [3.63, 3.8) is 0 Å². The number of amides is 2. The van der Waals surface area contributed by atoms with E-state index in [0.717, 1.165) is 33.5 Å². The van der Waals surface area contributed by atoms with E-state index in [2.05, 4.69) is 0 Å². The maximum atomic E-state index is 12.7. The van der Waals surface area contributed by atoms with Crippen molar-refractivity contribution >= 4 is 34.7 Å². The van der Waals surface area contributed by atoms with Crippen LogP contribution in [-0.2, 0) is 4.79 Å². The van der Waals surface area contributed by atoms with Gasteiger partial charge in [-0.15, -0.1) is 0 Å². The van der Waals surface area contributed by atoms with Gasteiger partial charge in [-0.2, -0.15) is 0 Å². The molecule has 0 N–H and O–H groups in total. The highest BCUT2D eigenvalue weighted by Crippen LogP contribution is 2.33. The highest BCUT2D eigenvalue weighted by Gasteiger charge is 2.35. The minimum atomic E-state index is -0.472. The number of ether oxygens (including phenoxy) is 1. The summed E-state index contributed by atoms with van der Waals surface area (Å²) in [6, 6.07) is 15.2. The lowest BCUT2D eigenvalue weighted by Crippen LogP contribution is -2.32. The second-order valence-electron chi connectivity index (χ2n) is 7.46. The fourth-order valence-electron chi connectivity index (χ4n) is 3.26. The van der Waals surface area contributed by atoms with Crippen LogP contribution in [0.25, 0.3) is 17.4 Å². The third-order valence-corrected chi connectivity index (χ3v) is 5.96. The van der Waals surface area contributed by atoms with Crippen molar-refractivity contribution in [2.24, 2.45) is 0 Å². The number of thioether (sulfide) groups is 1. The van der Waals surface area contributed by atoms with E-state index >= 15 is 0 Å². The molecule has 2 aromatic carbocycles. The molecular weight excluding hydrogens is 444 g/mol. The first-order valence-electron chi connectivity index (χ1n) is 10.1. The standard InChI is InChI=1S/C24H20N2O6S/c1-15-3-4-16(2)21(13-15)31-12-11-25-23(27)22(33-24(25)28)14-19-9-10-20(32-19)17-5-7-18(8-6-17)26(29)30/h3-10,13-14H,11-12H2,1-2H3/b22-14-. The van der Waals surface area contributed by atoms with Crippen molar-refractivity contribution < 1.29 is 23.7 Å². The van der Waals surface area contributed by atoms with Gasteiger partial charge in [0.25, 0.3) is 16.8 Å². The van der Waals surface area contributed by atoms with Gasteiger partial charge in [0.05, 0.1) is 16.4 Å². The van der Waals surface area contributed by atoms with Gasteiger partial charge in [0.15, 0.2) is 0 Å². The molecule has 1 aromatic heterocycles. The summed E-state index contributed by atoms with van der Waals surface area (Å²) in [4.78, 5) is 36.8. The van der Waals surface area contributed by atoms with Gasteiger partial charge in [0, 0.05) is 23.8 Å². The number of nitro benzene ring substituents is 1. The van der Waals surface area contributed by atoms with E-state index in [1.54, 1.807) is 24.3 Å². The van der Waals surface area contributed by atoms with E-state index in [0.29, 0.717) is 17.1 Å². The normalized spacial score (nSPS) is 14.8. The molecule has 1 aliphatic heterocycles. The van der Waals surface area contributed by atoms with Gasteiger partial charge < -0.3 is 9.15 Å². The number of carbonyl (C=O) groups is 2. The lowest BCUT2D eigenvalue weighted by Gasteiger charge is -2.14. The molecule has 1 fully saturated rings. The third-order valence-electron chi connectivity index (χ3n) is 5.05. The molecule has 33 heavy (non-hydrogen) atoms. The van der Waals surface area contributed by atoms with Gasteiger partial charge in [-0.05, 0) is 67.1 Å². The number of hydrogen-bond acceptors (Lipinski definition) is 7. The first-order chi connectivity index (χ1) is 15.8. The number of aryl methyl sites for hydroxylation is 2. The first-order valence-corrected chi connectivity index (χ1v) is 10.9. The minimum absolute atomic E-state index is 0.0132. The van der Waals surface area contributed by atoms with Crippen molar-refractivity contribution in [1.29, 1.82) is 0 Å². The Hall–Kier alpha value is -3.85. The zero-order valence-electron chi connectivity index (χ0n) is 17.9. The average molecular weight is 464 g/mol. The van der Waals surface area contributed by atoms with Gasteiger partial charge in [0.1, 0.15) is 23.9 Å². The molecule has 1 aliphatic rings. The minimum Gasteiger partial charge on any atom is -0.491 e. The van der Waals surface area contributed by atoms with Crippen molar-refractivity contribution in [2.45, 2.75) is 13.8 Å². The lowest BCUT2D eigenvalue weighted by molar-refractivity contribution is -0.384. The summed E-state index contributed by atoms with van der Waals surface area (Å²) in [6.45, 7) is 4.24. The van der Waals surface area contributed by atoms with Crippen LogP contribution in [0.5, 0.6) is 5.75 Å². The van der Waals surface area contributed by atoms with Crippen LogP contribution < -0.4 is 4.74 Å². The molecule has 8 nitrogen and oxygen atoms in total. The molecule has 9 heteroatoms. The van der Waals surface area contributed by atoms with Crippen molar-refractivity contribution in [3.8, 4) is 17.1 Å². The van der Waals surface area contributed by atoms with Crippen LogP contribution in [0.2, 0.25) is 0 Å². The zero-order chi connectivity index (χ0) is 23.5. The Kier molecular flexibility index (Phi) is 6.32. The molecule has 0 spiro atoms.